The van der Waals surface area contributed by atoms with E-state index >= 15 is 0 Å². The first kappa shape index (κ1) is 11.4. The van der Waals surface area contributed by atoms with Crippen LogP contribution in [0.1, 0.15) is 35.3 Å². The fraction of sp³-hybridized carbons (Fsp3) is 0.375. The minimum absolute atomic E-state index is 0.773. The number of benzene rings is 1. The van der Waals surface area contributed by atoms with Crippen molar-refractivity contribution in [1.82, 2.24) is 0 Å². The van der Waals surface area contributed by atoms with Gasteiger partial charge in [-0.1, -0.05) is 12.1 Å². The van der Waals surface area contributed by atoms with Gasteiger partial charge in [-0.3, -0.25) is 0 Å². The van der Waals surface area contributed by atoms with Crippen LogP contribution in [0.2, 0.25) is 0 Å². The van der Waals surface area contributed by atoms with Gasteiger partial charge in [-0.15, -0.1) is 0 Å². The van der Waals surface area contributed by atoms with Crippen LogP contribution < -0.4 is 5.32 Å². The quantitative estimate of drug-likeness (QED) is 0.876. The van der Waals surface area contributed by atoms with Crippen molar-refractivity contribution in [2.24, 2.45) is 0 Å². The number of hydrogen-bond donors (Lipinski definition) is 1. The van der Waals surface area contributed by atoms with Gasteiger partial charge in [0.1, 0.15) is 5.76 Å². The molecule has 3 rings (SSSR count). The molecule has 0 radical (unpaired) electrons. The summed E-state index contributed by atoms with van der Waals surface area (Å²) in [5.41, 5.74) is 5.52. The van der Waals surface area contributed by atoms with Gasteiger partial charge >= 0.3 is 0 Å². The number of aryl methyl sites for hydroxylation is 2. The summed E-state index contributed by atoms with van der Waals surface area (Å²) in [6.07, 6.45) is 6.83. The van der Waals surface area contributed by atoms with Crippen molar-refractivity contribution in [3.63, 3.8) is 0 Å². The highest BCUT2D eigenvalue weighted by molar-refractivity contribution is 5.55. The molecule has 0 unspecified atom stereocenters. The molecular weight excluding hydrogens is 222 g/mol. The highest BCUT2D eigenvalue weighted by atomic mass is 16.3. The van der Waals surface area contributed by atoms with Gasteiger partial charge in [0.05, 0.1) is 12.8 Å². The molecule has 0 saturated carbocycles. The van der Waals surface area contributed by atoms with E-state index in [1.54, 1.807) is 6.26 Å². The second-order valence-electron chi connectivity index (χ2n) is 5.03. The van der Waals surface area contributed by atoms with E-state index in [2.05, 4.69) is 30.4 Å². The molecule has 2 aromatic rings. The van der Waals surface area contributed by atoms with Gasteiger partial charge in [-0.25, -0.2) is 0 Å². The third kappa shape index (κ3) is 2.15. The average molecular weight is 241 g/mol. The zero-order chi connectivity index (χ0) is 12.4. The predicted octanol–water partition coefficient (Wildman–Crippen LogP) is 4.08. The summed E-state index contributed by atoms with van der Waals surface area (Å²) in [5, 5.41) is 3.52. The summed E-state index contributed by atoms with van der Waals surface area (Å²) < 4.78 is 5.47. The first-order valence-corrected chi connectivity index (χ1v) is 6.72. The topological polar surface area (TPSA) is 25.2 Å². The summed E-state index contributed by atoms with van der Waals surface area (Å²) in [6, 6.07) is 8.61. The molecule has 1 aliphatic rings. The van der Waals surface area contributed by atoms with Gasteiger partial charge in [0.2, 0.25) is 0 Å². The summed E-state index contributed by atoms with van der Waals surface area (Å²) in [5.74, 6) is 1.03. The first-order valence-electron chi connectivity index (χ1n) is 6.72. The van der Waals surface area contributed by atoms with E-state index < -0.39 is 0 Å². The number of hydrogen-bond acceptors (Lipinski definition) is 2. The van der Waals surface area contributed by atoms with Crippen LogP contribution in [-0.4, -0.2) is 0 Å². The Morgan fingerprint density at radius 2 is 2.06 bits per heavy atom. The van der Waals surface area contributed by atoms with Crippen LogP contribution in [0.15, 0.2) is 34.9 Å². The smallest absolute Gasteiger partial charge is 0.125 e. The number of rotatable bonds is 3. The highest BCUT2D eigenvalue weighted by Crippen LogP contribution is 2.28. The van der Waals surface area contributed by atoms with Gasteiger partial charge < -0.3 is 9.73 Å². The monoisotopic (exact) mass is 241 g/mol. The molecule has 0 saturated heterocycles. The molecule has 1 heterocycles. The van der Waals surface area contributed by atoms with E-state index in [0.717, 1.165) is 12.3 Å². The number of nitrogens with one attached hydrogen (secondary N) is 1. The molecule has 2 heteroatoms. The molecule has 94 valence electrons. The Bertz CT molecular complexity index is 542. The molecule has 0 fully saturated rings. The van der Waals surface area contributed by atoms with Crippen molar-refractivity contribution >= 4 is 5.69 Å². The molecule has 0 aliphatic heterocycles. The first-order chi connectivity index (χ1) is 8.84. The molecular formula is C16H19NO. The molecule has 0 spiro atoms. The number of furan rings is 1. The Morgan fingerprint density at radius 1 is 1.17 bits per heavy atom. The van der Waals surface area contributed by atoms with Crippen LogP contribution in [0.5, 0.6) is 0 Å². The predicted molar refractivity (Wildman–Crippen MR) is 73.9 cm³/mol. The lowest BCUT2D eigenvalue weighted by molar-refractivity contribution is 0.515. The minimum Gasteiger partial charge on any atom is -0.467 e. The van der Waals surface area contributed by atoms with Crippen LogP contribution in [0.25, 0.3) is 0 Å². The lowest BCUT2D eigenvalue weighted by Gasteiger charge is -2.19. The SMILES string of the molecule is Cc1ccoc1CNc1cccc2c1CCCC2. The molecule has 1 aromatic heterocycles. The van der Waals surface area contributed by atoms with Gasteiger partial charge in [0, 0.05) is 5.69 Å². The van der Waals surface area contributed by atoms with Crippen molar-refractivity contribution in [2.75, 3.05) is 5.32 Å². The fourth-order valence-corrected chi connectivity index (χ4v) is 2.71. The van der Waals surface area contributed by atoms with Crippen LogP contribution >= 0.6 is 0 Å². The zero-order valence-corrected chi connectivity index (χ0v) is 10.8. The average Bonchev–Trinajstić information content (AvgIpc) is 2.82. The van der Waals surface area contributed by atoms with Crippen molar-refractivity contribution < 1.29 is 4.42 Å². The molecule has 0 atom stereocenters. The number of fused-ring (bicyclic) bond motifs is 1. The fourth-order valence-electron chi connectivity index (χ4n) is 2.71. The Labute approximate surface area is 108 Å². The van der Waals surface area contributed by atoms with Crippen LogP contribution in [0.4, 0.5) is 5.69 Å². The second-order valence-corrected chi connectivity index (χ2v) is 5.03. The van der Waals surface area contributed by atoms with E-state index in [4.69, 9.17) is 4.42 Å². The summed E-state index contributed by atoms with van der Waals surface area (Å²) in [4.78, 5) is 0. The molecule has 2 nitrogen and oxygen atoms in total. The normalized spacial score (nSPS) is 14.3. The molecule has 1 aliphatic carbocycles. The van der Waals surface area contributed by atoms with Gasteiger partial charge in [0.25, 0.3) is 0 Å². The third-order valence-corrected chi connectivity index (χ3v) is 3.80. The second kappa shape index (κ2) is 4.89. The Hall–Kier alpha value is -1.70. The Morgan fingerprint density at radius 3 is 2.89 bits per heavy atom. The van der Waals surface area contributed by atoms with E-state index in [-0.39, 0.29) is 0 Å². The van der Waals surface area contributed by atoms with Crippen LogP contribution in [0, 0.1) is 6.92 Å². The lowest BCUT2D eigenvalue weighted by atomic mass is 9.90. The van der Waals surface area contributed by atoms with Crippen molar-refractivity contribution in [2.45, 2.75) is 39.2 Å². The van der Waals surface area contributed by atoms with E-state index in [9.17, 15) is 0 Å². The van der Waals surface area contributed by atoms with Crippen molar-refractivity contribution in [3.05, 3.63) is 53.0 Å². The minimum atomic E-state index is 0.773. The van der Waals surface area contributed by atoms with Gasteiger partial charge in [-0.05, 0) is 61.4 Å². The highest BCUT2D eigenvalue weighted by Gasteiger charge is 2.13. The van der Waals surface area contributed by atoms with E-state index in [1.807, 2.05) is 6.07 Å². The standard InChI is InChI=1S/C16H19NO/c1-12-9-10-18-16(12)11-17-15-8-4-6-13-5-2-3-7-14(13)15/h4,6,8-10,17H,2-3,5,7,11H2,1H3. The summed E-state index contributed by atoms with van der Waals surface area (Å²) >= 11 is 0. The third-order valence-electron chi connectivity index (χ3n) is 3.80. The molecule has 1 aromatic carbocycles. The maximum absolute atomic E-state index is 5.47. The molecule has 0 bridgehead atoms. The van der Waals surface area contributed by atoms with Crippen molar-refractivity contribution in [3.8, 4) is 0 Å². The molecule has 18 heavy (non-hydrogen) atoms. The van der Waals surface area contributed by atoms with Crippen molar-refractivity contribution in [1.29, 1.82) is 0 Å². The molecule has 1 N–H and O–H groups in total. The lowest BCUT2D eigenvalue weighted by Crippen LogP contribution is -2.08. The number of anilines is 1. The Kier molecular flexibility index (Phi) is 3.09. The molecule has 0 amide bonds. The largest absolute Gasteiger partial charge is 0.467 e. The zero-order valence-electron chi connectivity index (χ0n) is 10.8. The van der Waals surface area contributed by atoms with Gasteiger partial charge in [0.15, 0.2) is 0 Å². The summed E-state index contributed by atoms with van der Waals surface area (Å²) in [7, 11) is 0. The van der Waals surface area contributed by atoms with E-state index in [1.165, 1.54) is 48.1 Å². The van der Waals surface area contributed by atoms with Gasteiger partial charge in [-0.2, -0.15) is 0 Å². The summed E-state index contributed by atoms with van der Waals surface area (Å²) in [6.45, 7) is 2.86. The Balaban J connectivity index is 1.79. The maximum atomic E-state index is 5.47. The van der Waals surface area contributed by atoms with Crippen LogP contribution in [-0.2, 0) is 19.4 Å². The van der Waals surface area contributed by atoms with Crippen LogP contribution in [0.3, 0.4) is 0 Å². The maximum Gasteiger partial charge on any atom is 0.125 e. The van der Waals surface area contributed by atoms with E-state index in [0.29, 0.717) is 0 Å².